The van der Waals surface area contributed by atoms with E-state index < -0.39 is 4.92 Å². The summed E-state index contributed by atoms with van der Waals surface area (Å²) in [6.45, 7) is 8.08. The molecular formula is C15H21ClN2O2. The first-order chi connectivity index (χ1) is 9.43. The van der Waals surface area contributed by atoms with Crippen molar-refractivity contribution < 1.29 is 4.92 Å². The molecule has 0 aliphatic rings. The molecule has 0 atom stereocenters. The van der Waals surface area contributed by atoms with Gasteiger partial charge in [0, 0.05) is 23.7 Å². The van der Waals surface area contributed by atoms with Crippen molar-refractivity contribution in [1.29, 1.82) is 0 Å². The molecule has 0 bridgehead atoms. The van der Waals surface area contributed by atoms with E-state index in [9.17, 15) is 10.1 Å². The van der Waals surface area contributed by atoms with Crippen LogP contribution < -0.4 is 5.32 Å². The Morgan fingerprint density at radius 2 is 2.20 bits per heavy atom. The van der Waals surface area contributed by atoms with Gasteiger partial charge in [-0.15, -0.1) is 0 Å². The molecule has 0 saturated heterocycles. The lowest BCUT2D eigenvalue weighted by Gasteiger charge is -2.10. The standard InChI is InChI=1S/C15H21ClN2O2/c1-4-12(10-17-9-11(2)3)7-13-8-14(18(19)20)5-6-15(13)16/h5-8,11,17H,4,9-10H2,1-3H3. The van der Waals surface area contributed by atoms with Gasteiger partial charge < -0.3 is 5.32 Å². The molecule has 0 radical (unpaired) electrons. The van der Waals surface area contributed by atoms with Crippen LogP contribution in [0.3, 0.4) is 0 Å². The summed E-state index contributed by atoms with van der Waals surface area (Å²) >= 11 is 6.10. The molecule has 0 fully saturated rings. The minimum atomic E-state index is -0.406. The third kappa shape index (κ3) is 5.31. The normalized spacial score (nSPS) is 11.9. The van der Waals surface area contributed by atoms with Gasteiger partial charge in [0.15, 0.2) is 0 Å². The van der Waals surface area contributed by atoms with Crippen LogP contribution in [0.5, 0.6) is 0 Å². The number of rotatable bonds is 7. The van der Waals surface area contributed by atoms with Gasteiger partial charge >= 0.3 is 0 Å². The zero-order chi connectivity index (χ0) is 15.1. The lowest BCUT2D eigenvalue weighted by molar-refractivity contribution is -0.384. The van der Waals surface area contributed by atoms with Crippen LogP contribution in [0, 0.1) is 16.0 Å². The Morgan fingerprint density at radius 3 is 2.75 bits per heavy atom. The molecule has 0 unspecified atom stereocenters. The van der Waals surface area contributed by atoms with Gasteiger partial charge in [0.2, 0.25) is 0 Å². The van der Waals surface area contributed by atoms with Crippen molar-refractivity contribution in [3.05, 3.63) is 44.5 Å². The number of benzene rings is 1. The molecule has 0 amide bonds. The van der Waals surface area contributed by atoms with Gasteiger partial charge in [-0.25, -0.2) is 0 Å². The van der Waals surface area contributed by atoms with Crippen LogP contribution >= 0.6 is 11.6 Å². The van der Waals surface area contributed by atoms with E-state index in [1.54, 1.807) is 6.07 Å². The van der Waals surface area contributed by atoms with Crippen LogP contribution in [0.1, 0.15) is 32.8 Å². The second-order valence-electron chi connectivity index (χ2n) is 5.14. The summed E-state index contributed by atoms with van der Waals surface area (Å²) in [4.78, 5) is 10.4. The van der Waals surface area contributed by atoms with Gasteiger partial charge in [0.25, 0.3) is 5.69 Å². The van der Waals surface area contributed by atoms with Crippen LogP contribution in [-0.4, -0.2) is 18.0 Å². The first kappa shape index (κ1) is 16.7. The molecule has 0 spiro atoms. The molecule has 5 heteroatoms. The first-order valence-electron chi connectivity index (χ1n) is 6.78. The molecule has 1 N–H and O–H groups in total. The van der Waals surface area contributed by atoms with E-state index in [1.165, 1.54) is 17.7 Å². The third-order valence-corrected chi connectivity index (χ3v) is 3.25. The minimum absolute atomic E-state index is 0.0613. The number of hydrogen-bond donors (Lipinski definition) is 1. The maximum absolute atomic E-state index is 10.8. The maximum Gasteiger partial charge on any atom is 0.270 e. The van der Waals surface area contributed by atoms with E-state index in [0.29, 0.717) is 16.5 Å². The highest BCUT2D eigenvalue weighted by molar-refractivity contribution is 6.32. The van der Waals surface area contributed by atoms with Gasteiger partial charge in [-0.1, -0.05) is 44.0 Å². The van der Waals surface area contributed by atoms with Gasteiger partial charge in [0.1, 0.15) is 0 Å². The molecule has 0 saturated carbocycles. The van der Waals surface area contributed by atoms with E-state index >= 15 is 0 Å². The van der Waals surface area contributed by atoms with E-state index in [-0.39, 0.29) is 5.69 Å². The van der Waals surface area contributed by atoms with E-state index in [1.807, 2.05) is 6.08 Å². The average Bonchev–Trinajstić information content (AvgIpc) is 2.39. The Hall–Kier alpha value is -1.39. The molecular weight excluding hydrogens is 276 g/mol. The van der Waals surface area contributed by atoms with Gasteiger partial charge in [-0.2, -0.15) is 0 Å². The van der Waals surface area contributed by atoms with Crippen molar-refractivity contribution in [2.45, 2.75) is 27.2 Å². The third-order valence-electron chi connectivity index (χ3n) is 2.91. The minimum Gasteiger partial charge on any atom is -0.313 e. The fourth-order valence-electron chi connectivity index (χ4n) is 1.77. The summed E-state index contributed by atoms with van der Waals surface area (Å²) < 4.78 is 0. The van der Waals surface area contributed by atoms with Gasteiger partial charge in [-0.05, 0) is 30.5 Å². The fraction of sp³-hybridized carbons (Fsp3) is 0.467. The molecule has 0 heterocycles. The lowest BCUT2D eigenvalue weighted by atomic mass is 10.1. The zero-order valence-corrected chi connectivity index (χ0v) is 12.9. The van der Waals surface area contributed by atoms with Crippen molar-refractivity contribution in [1.82, 2.24) is 5.32 Å². The van der Waals surface area contributed by atoms with Crippen LogP contribution in [0.2, 0.25) is 5.02 Å². The molecule has 4 nitrogen and oxygen atoms in total. The Bertz CT molecular complexity index is 499. The highest BCUT2D eigenvalue weighted by atomic mass is 35.5. The Morgan fingerprint density at radius 1 is 1.50 bits per heavy atom. The highest BCUT2D eigenvalue weighted by Gasteiger charge is 2.08. The van der Waals surface area contributed by atoms with E-state index in [0.717, 1.165) is 19.5 Å². The topological polar surface area (TPSA) is 55.2 Å². The quantitative estimate of drug-likeness (QED) is 0.603. The number of nitro groups is 1. The molecule has 110 valence electrons. The van der Waals surface area contributed by atoms with Crippen molar-refractivity contribution >= 4 is 23.4 Å². The van der Waals surface area contributed by atoms with Crippen LogP contribution in [0.25, 0.3) is 6.08 Å². The Labute approximate surface area is 125 Å². The Balaban J connectivity index is 2.88. The van der Waals surface area contributed by atoms with E-state index in [2.05, 4.69) is 26.1 Å². The predicted octanol–water partition coefficient (Wildman–Crippen LogP) is 4.29. The summed E-state index contributed by atoms with van der Waals surface area (Å²) in [5.74, 6) is 0.592. The monoisotopic (exact) mass is 296 g/mol. The summed E-state index contributed by atoms with van der Waals surface area (Å²) in [7, 11) is 0. The smallest absolute Gasteiger partial charge is 0.270 e. The second-order valence-corrected chi connectivity index (χ2v) is 5.55. The number of nitro benzene ring substituents is 1. The average molecular weight is 297 g/mol. The maximum atomic E-state index is 10.8. The van der Waals surface area contributed by atoms with Crippen molar-refractivity contribution in [3.8, 4) is 0 Å². The fourth-order valence-corrected chi connectivity index (χ4v) is 1.95. The largest absolute Gasteiger partial charge is 0.313 e. The second kappa shape index (κ2) is 8.02. The van der Waals surface area contributed by atoms with Gasteiger partial charge in [-0.3, -0.25) is 10.1 Å². The molecule has 1 rings (SSSR count). The highest BCUT2D eigenvalue weighted by Crippen LogP contribution is 2.24. The van der Waals surface area contributed by atoms with Crippen molar-refractivity contribution in [2.75, 3.05) is 13.1 Å². The number of nitrogens with zero attached hydrogens (tertiary/aromatic N) is 1. The summed E-state index contributed by atoms with van der Waals surface area (Å²) in [5.41, 5.74) is 1.93. The van der Waals surface area contributed by atoms with Crippen LogP contribution in [-0.2, 0) is 0 Å². The first-order valence-corrected chi connectivity index (χ1v) is 7.16. The molecule has 1 aromatic rings. The molecule has 20 heavy (non-hydrogen) atoms. The Kier molecular flexibility index (Phi) is 6.68. The van der Waals surface area contributed by atoms with Crippen molar-refractivity contribution in [3.63, 3.8) is 0 Å². The summed E-state index contributed by atoms with van der Waals surface area (Å²) in [6, 6.07) is 4.50. The predicted molar refractivity (Wildman–Crippen MR) is 84.1 cm³/mol. The molecule has 0 aliphatic heterocycles. The lowest BCUT2D eigenvalue weighted by Crippen LogP contribution is -2.21. The molecule has 0 aliphatic carbocycles. The van der Waals surface area contributed by atoms with Crippen molar-refractivity contribution in [2.24, 2.45) is 5.92 Å². The number of halogens is 1. The van der Waals surface area contributed by atoms with Gasteiger partial charge in [0.05, 0.1) is 4.92 Å². The van der Waals surface area contributed by atoms with Crippen LogP contribution in [0.15, 0.2) is 23.8 Å². The van der Waals surface area contributed by atoms with Crippen LogP contribution in [0.4, 0.5) is 5.69 Å². The molecule has 1 aromatic carbocycles. The number of nitrogens with one attached hydrogen (secondary N) is 1. The SMILES string of the molecule is CCC(=Cc1cc([N+](=O)[O-])ccc1Cl)CNCC(C)C. The molecule has 0 aromatic heterocycles. The number of hydrogen-bond acceptors (Lipinski definition) is 3. The summed E-state index contributed by atoms with van der Waals surface area (Å²) in [5, 5.41) is 14.7. The van der Waals surface area contributed by atoms with E-state index in [4.69, 9.17) is 11.6 Å². The number of non-ortho nitro benzene ring substituents is 1. The summed E-state index contributed by atoms with van der Waals surface area (Å²) in [6.07, 6.45) is 2.81. The zero-order valence-electron chi connectivity index (χ0n) is 12.1.